The molecule has 1 unspecified atom stereocenters. The fourth-order valence-corrected chi connectivity index (χ4v) is 3.46. The summed E-state index contributed by atoms with van der Waals surface area (Å²) in [5, 5.41) is 3.05. The van der Waals surface area contributed by atoms with E-state index in [0.29, 0.717) is 25.3 Å². The standard InChI is InChI=1S/C21H32N2O3/c1-3-4-5-8-13-22-20(24)17-11-9-14-23(15-17)21(25)19-12-7-6-10-18(19)16-26-2/h6-7,10,12,17H,3-5,8-9,11,13-16H2,1-2H3,(H,22,24). The Morgan fingerprint density at radius 2 is 2.04 bits per heavy atom. The minimum atomic E-state index is -0.103. The first-order valence-electron chi connectivity index (χ1n) is 9.81. The Bertz CT molecular complexity index is 588. The van der Waals surface area contributed by atoms with E-state index >= 15 is 0 Å². The Balaban J connectivity index is 1.91. The van der Waals surface area contributed by atoms with Crippen LogP contribution in [0.25, 0.3) is 0 Å². The number of likely N-dealkylation sites (tertiary alicyclic amines) is 1. The minimum Gasteiger partial charge on any atom is -0.380 e. The molecule has 1 heterocycles. The summed E-state index contributed by atoms with van der Waals surface area (Å²) in [6.45, 7) is 4.54. The number of hydrogen-bond acceptors (Lipinski definition) is 3. The van der Waals surface area contributed by atoms with Crippen molar-refractivity contribution in [3.63, 3.8) is 0 Å². The second-order valence-electron chi connectivity index (χ2n) is 7.03. The Kier molecular flexibility index (Phi) is 8.62. The highest BCUT2D eigenvalue weighted by Crippen LogP contribution is 2.21. The van der Waals surface area contributed by atoms with E-state index in [-0.39, 0.29) is 17.7 Å². The van der Waals surface area contributed by atoms with Crippen LogP contribution in [-0.2, 0) is 16.1 Å². The van der Waals surface area contributed by atoms with Crippen LogP contribution in [0.2, 0.25) is 0 Å². The second-order valence-corrected chi connectivity index (χ2v) is 7.03. The first-order valence-corrected chi connectivity index (χ1v) is 9.81. The largest absolute Gasteiger partial charge is 0.380 e. The summed E-state index contributed by atoms with van der Waals surface area (Å²) < 4.78 is 5.20. The van der Waals surface area contributed by atoms with Gasteiger partial charge in [0.1, 0.15) is 0 Å². The van der Waals surface area contributed by atoms with E-state index in [1.54, 1.807) is 7.11 Å². The van der Waals surface area contributed by atoms with E-state index < -0.39 is 0 Å². The number of hydrogen-bond donors (Lipinski definition) is 1. The van der Waals surface area contributed by atoms with Crippen molar-refractivity contribution in [3.8, 4) is 0 Å². The number of nitrogens with one attached hydrogen (secondary N) is 1. The number of methoxy groups -OCH3 is 1. The van der Waals surface area contributed by atoms with Gasteiger partial charge in [0.25, 0.3) is 5.91 Å². The topological polar surface area (TPSA) is 58.6 Å². The molecule has 1 N–H and O–H groups in total. The van der Waals surface area contributed by atoms with Crippen molar-refractivity contribution in [1.29, 1.82) is 0 Å². The number of piperidine rings is 1. The van der Waals surface area contributed by atoms with Crippen LogP contribution < -0.4 is 5.32 Å². The van der Waals surface area contributed by atoms with E-state index in [1.807, 2.05) is 29.2 Å². The van der Waals surface area contributed by atoms with Gasteiger partial charge in [-0.25, -0.2) is 0 Å². The van der Waals surface area contributed by atoms with Gasteiger partial charge >= 0.3 is 0 Å². The summed E-state index contributed by atoms with van der Waals surface area (Å²) in [5.41, 5.74) is 1.57. The van der Waals surface area contributed by atoms with Crippen LogP contribution in [0.4, 0.5) is 0 Å². The highest BCUT2D eigenvalue weighted by molar-refractivity contribution is 5.96. The van der Waals surface area contributed by atoms with Crippen molar-refractivity contribution in [2.24, 2.45) is 5.92 Å². The zero-order valence-corrected chi connectivity index (χ0v) is 16.1. The molecule has 1 atom stereocenters. The monoisotopic (exact) mass is 360 g/mol. The van der Waals surface area contributed by atoms with Gasteiger partial charge in [-0.3, -0.25) is 9.59 Å². The predicted molar refractivity (Wildman–Crippen MR) is 103 cm³/mol. The third-order valence-electron chi connectivity index (χ3n) is 4.96. The molecule has 5 heteroatoms. The van der Waals surface area contributed by atoms with E-state index in [4.69, 9.17) is 4.74 Å². The summed E-state index contributed by atoms with van der Waals surface area (Å²) in [6, 6.07) is 7.54. The summed E-state index contributed by atoms with van der Waals surface area (Å²) >= 11 is 0. The average molecular weight is 360 g/mol. The van der Waals surface area contributed by atoms with Crippen molar-refractivity contribution < 1.29 is 14.3 Å². The first kappa shape index (κ1) is 20.4. The van der Waals surface area contributed by atoms with Crippen LogP contribution in [0, 0.1) is 5.92 Å². The SMILES string of the molecule is CCCCCCNC(=O)C1CCCN(C(=O)c2ccccc2COC)C1. The molecule has 2 amide bonds. The third kappa shape index (κ3) is 5.84. The molecule has 1 aromatic rings. The molecular weight excluding hydrogens is 328 g/mol. The van der Waals surface area contributed by atoms with Gasteiger partial charge in [-0.1, -0.05) is 44.4 Å². The van der Waals surface area contributed by atoms with Gasteiger partial charge < -0.3 is 15.0 Å². The lowest BCUT2D eigenvalue weighted by atomic mass is 9.95. The molecular formula is C21H32N2O3. The molecule has 1 aromatic carbocycles. The average Bonchev–Trinajstić information content (AvgIpc) is 2.68. The van der Waals surface area contributed by atoms with Crippen LogP contribution in [-0.4, -0.2) is 43.5 Å². The molecule has 0 bridgehead atoms. The second kappa shape index (κ2) is 11.0. The summed E-state index contributed by atoms with van der Waals surface area (Å²) in [5.74, 6) is -0.0178. The number of ether oxygens (including phenoxy) is 1. The molecule has 0 aliphatic carbocycles. The lowest BCUT2D eigenvalue weighted by Gasteiger charge is -2.32. The summed E-state index contributed by atoms with van der Waals surface area (Å²) in [7, 11) is 1.63. The Labute approximate surface area is 157 Å². The van der Waals surface area contributed by atoms with Gasteiger partial charge in [-0.2, -0.15) is 0 Å². The molecule has 1 fully saturated rings. The Morgan fingerprint density at radius 3 is 2.81 bits per heavy atom. The maximum atomic E-state index is 12.9. The Hall–Kier alpha value is -1.88. The van der Waals surface area contributed by atoms with Crippen molar-refractivity contribution >= 4 is 11.8 Å². The molecule has 0 radical (unpaired) electrons. The first-order chi connectivity index (χ1) is 12.7. The van der Waals surface area contributed by atoms with Crippen LogP contribution >= 0.6 is 0 Å². The lowest BCUT2D eigenvalue weighted by molar-refractivity contribution is -0.126. The molecule has 144 valence electrons. The van der Waals surface area contributed by atoms with Gasteiger partial charge in [-0.05, 0) is 30.9 Å². The number of carbonyl (C=O) groups excluding carboxylic acids is 2. The molecule has 5 nitrogen and oxygen atoms in total. The van der Waals surface area contributed by atoms with Gasteiger partial charge in [0, 0.05) is 32.3 Å². The van der Waals surface area contributed by atoms with E-state index in [9.17, 15) is 9.59 Å². The number of carbonyl (C=O) groups is 2. The highest BCUT2D eigenvalue weighted by atomic mass is 16.5. The predicted octanol–water partition coefficient (Wildman–Crippen LogP) is 3.38. The van der Waals surface area contributed by atoms with Crippen LogP contribution in [0.3, 0.4) is 0 Å². The zero-order chi connectivity index (χ0) is 18.8. The molecule has 0 aromatic heterocycles. The van der Waals surface area contributed by atoms with Crippen LogP contribution in [0.5, 0.6) is 0 Å². The number of amides is 2. The Morgan fingerprint density at radius 1 is 1.23 bits per heavy atom. The molecule has 1 aliphatic heterocycles. The fourth-order valence-electron chi connectivity index (χ4n) is 3.46. The number of unbranched alkanes of at least 4 members (excludes halogenated alkanes) is 3. The molecule has 1 saturated heterocycles. The number of benzene rings is 1. The molecule has 26 heavy (non-hydrogen) atoms. The normalized spacial score (nSPS) is 17.2. The highest BCUT2D eigenvalue weighted by Gasteiger charge is 2.29. The quantitative estimate of drug-likeness (QED) is 0.687. The van der Waals surface area contributed by atoms with Crippen molar-refractivity contribution in [2.75, 3.05) is 26.7 Å². The van der Waals surface area contributed by atoms with Crippen molar-refractivity contribution in [3.05, 3.63) is 35.4 Å². The van der Waals surface area contributed by atoms with E-state index in [0.717, 1.165) is 37.8 Å². The van der Waals surface area contributed by atoms with Gasteiger partial charge in [0.2, 0.25) is 5.91 Å². The molecule has 1 aliphatic rings. The van der Waals surface area contributed by atoms with Crippen LogP contribution in [0.15, 0.2) is 24.3 Å². The van der Waals surface area contributed by atoms with E-state index in [1.165, 1.54) is 12.8 Å². The van der Waals surface area contributed by atoms with Gasteiger partial charge in [0.05, 0.1) is 12.5 Å². The third-order valence-corrected chi connectivity index (χ3v) is 4.96. The number of rotatable bonds is 9. The molecule has 0 saturated carbocycles. The summed E-state index contributed by atoms with van der Waals surface area (Å²) in [6.07, 6.45) is 6.30. The smallest absolute Gasteiger partial charge is 0.254 e. The van der Waals surface area contributed by atoms with Gasteiger partial charge in [-0.15, -0.1) is 0 Å². The number of nitrogens with zero attached hydrogens (tertiary/aromatic N) is 1. The molecule has 2 rings (SSSR count). The van der Waals surface area contributed by atoms with Gasteiger partial charge in [0.15, 0.2) is 0 Å². The maximum Gasteiger partial charge on any atom is 0.254 e. The fraction of sp³-hybridized carbons (Fsp3) is 0.619. The van der Waals surface area contributed by atoms with E-state index in [2.05, 4.69) is 12.2 Å². The van der Waals surface area contributed by atoms with Crippen molar-refractivity contribution in [2.45, 2.75) is 52.1 Å². The van der Waals surface area contributed by atoms with Crippen LogP contribution in [0.1, 0.15) is 61.4 Å². The minimum absolute atomic E-state index is 0.00176. The maximum absolute atomic E-state index is 12.9. The lowest BCUT2D eigenvalue weighted by Crippen LogP contribution is -2.45. The summed E-state index contributed by atoms with van der Waals surface area (Å²) in [4.78, 5) is 27.2. The van der Waals surface area contributed by atoms with Crippen molar-refractivity contribution in [1.82, 2.24) is 10.2 Å². The zero-order valence-electron chi connectivity index (χ0n) is 16.1. The molecule has 0 spiro atoms.